The summed E-state index contributed by atoms with van der Waals surface area (Å²) in [7, 11) is -1.01. The van der Waals surface area contributed by atoms with E-state index in [-0.39, 0.29) is 6.10 Å². The second kappa shape index (κ2) is 6.41. The molecule has 5 heteroatoms. The van der Waals surface area contributed by atoms with Crippen LogP contribution in [0, 0.1) is 0 Å². The largest absolute Gasteiger partial charge is 0.497 e. The molecule has 1 fully saturated rings. The highest BCUT2D eigenvalue weighted by Crippen LogP contribution is 2.20. The number of ether oxygens (including phenoxy) is 1. The van der Waals surface area contributed by atoms with Crippen LogP contribution in [0.25, 0.3) is 0 Å². The zero-order chi connectivity index (χ0) is 13.7. The second-order valence-electron chi connectivity index (χ2n) is 4.81. The van der Waals surface area contributed by atoms with Gasteiger partial charge in [0.25, 0.3) is 0 Å². The molecule has 0 spiro atoms. The standard InChI is InChI=1S/C14H21NO3S/c1-17-12-8-10-14(11-9-12)19(2,16)15-18-13-6-4-3-5-7-13/h8-11,13H,2-7H2,1H3,(H,15,16). The van der Waals surface area contributed by atoms with Gasteiger partial charge in [-0.2, -0.15) is 0 Å². The Kier molecular flexibility index (Phi) is 4.85. The van der Waals surface area contributed by atoms with Crippen molar-refractivity contribution in [1.82, 2.24) is 4.89 Å². The van der Waals surface area contributed by atoms with Crippen molar-refractivity contribution in [2.24, 2.45) is 0 Å². The maximum absolute atomic E-state index is 12.4. The summed E-state index contributed by atoms with van der Waals surface area (Å²) in [6.07, 6.45) is 5.80. The molecule has 0 aliphatic heterocycles. The Morgan fingerprint density at radius 3 is 2.42 bits per heavy atom. The lowest BCUT2D eigenvalue weighted by atomic mass is 9.98. The van der Waals surface area contributed by atoms with E-state index in [2.05, 4.69) is 10.8 Å². The predicted octanol–water partition coefficient (Wildman–Crippen LogP) is 2.54. The van der Waals surface area contributed by atoms with Crippen LogP contribution in [0.5, 0.6) is 5.75 Å². The van der Waals surface area contributed by atoms with Gasteiger partial charge in [-0.25, -0.2) is 4.21 Å². The minimum absolute atomic E-state index is 0.148. The summed E-state index contributed by atoms with van der Waals surface area (Å²) in [5.74, 6) is 4.46. The van der Waals surface area contributed by atoms with Gasteiger partial charge in [-0.15, -0.1) is 4.89 Å². The minimum Gasteiger partial charge on any atom is -0.497 e. The van der Waals surface area contributed by atoms with Gasteiger partial charge in [0, 0.05) is 4.90 Å². The molecular formula is C14H21NO3S. The molecule has 106 valence electrons. The van der Waals surface area contributed by atoms with Gasteiger partial charge in [-0.1, -0.05) is 19.3 Å². The highest BCUT2D eigenvalue weighted by atomic mass is 32.2. The fourth-order valence-corrected chi connectivity index (χ4v) is 3.14. The van der Waals surface area contributed by atoms with Crippen LogP contribution in [0.3, 0.4) is 0 Å². The molecule has 1 N–H and O–H groups in total. The lowest BCUT2D eigenvalue weighted by Gasteiger charge is -2.23. The molecule has 0 heterocycles. The first-order valence-corrected chi connectivity index (χ1v) is 8.28. The summed E-state index contributed by atoms with van der Waals surface area (Å²) in [6, 6.07) is 7.02. The van der Waals surface area contributed by atoms with Gasteiger partial charge in [0.15, 0.2) is 0 Å². The van der Waals surface area contributed by atoms with Gasteiger partial charge in [0.2, 0.25) is 0 Å². The van der Waals surface area contributed by atoms with Crippen molar-refractivity contribution in [2.45, 2.75) is 43.1 Å². The molecule has 1 saturated carbocycles. The van der Waals surface area contributed by atoms with Crippen molar-refractivity contribution in [3.8, 4) is 5.75 Å². The third-order valence-corrected chi connectivity index (χ3v) is 4.74. The van der Waals surface area contributed by atoms with Crippen molar-refractivity contribution >= 4 is 15.6 Å². The molecule has 1 aromatic carbocycles. The zero-order valence-electron chi connectivity index (χ0n) is 11.3. The maximum atomic E-state index is 12.4. The van der Waals surface area contributed by atoms with Crippen molar-refractivity contribution in [2.75, 3.05) is 7.11 Å². The Hall–Kier alpha value is -1.04. The van der Waals surface area contributed by atoms with Crippen LogP contribution in [0.15, 0.2) is 29.2 Å². The number of nitrogens with one attached hydrogen (secondary N) is 1. The average Bonchev–Trinajstić information content (AvgIpc) is 2.46. The molecule has 1 aliphatic rings. The van der Waals surface area contributed by atoms with Crippen LogP contribution in [0.2, 0.25) is 0 Å². The van der Waals surface area contributed by atoms with E-state index in [0.717, 1.165) is 18.6 Å². The Morgan fingerprint density at radius 2 is 1.84 bits per heavy atom. The van der Waals surface area contributed by atoms with Crippen molar-refractivity contribution in [3.05, 3.63) is 24.3 Å². The molecule has 1 aromatic rings. The van der Waals surface area contributed by atoms with Crippen LogP contribution in [-0.2, 0) is 14.5 Å². The molecule has 0 aromatic heterocycles. The molecule has 2 rings (SSSR count). The second-order valence-corrected chi connectivity index (χ2v) is 6.80. The molecule has 1 unspecified atom stereocenters. The highest BCUT2D eigenvalue weighted by Gasteiger charge is 2.16. The molecule has 1 atom stereocenters. The molecule has 1 aliphatic carbocycles. The molecule has 19 heavy (non-hydrogen) atoms. The summed E-state index contributed by atoms with van der Waals surface area (Å²) >= 11 is 0. The van der Waals surface area contributed by atoms with E-state index < -0.39 is 9.71 Å². The number of hydrogen-bond acceptors (Lipinski definition) is 3. The smallest absolute Gasteiger partial charge is 0.118 e. The quantitative estimate of drug-likeness (QED) is 0.667. The molecule has 0 saturated heterocycles. The lowest BCUT2D eigenvalue weighted by Crippen LogP contribution is -2.30. The fourth-order valence-electron chi connectivity index (χ4n) is 2.17. The van der Waals surface area contributed by atoms with Gasteiger partial charge in [-0.05, 0) is 43.0 Å². The van der Waals surface area contributed by atoms with E-state index in [4.69, 9.17) is 9.57 Å². The summed E-state index contributed by atoms with van der Waals surface area (Å²) in [5.41, 5.74) is 0. The predicted molar refractivity (Wildman–Crippen MR) is 77.6 cm³/mol. The highest BCUT2D eigenvalue weighted by molar-refractivity contribution is 7.98. The Balaban J connectivity index is 1.96. The first kappa shape index (κ1) is 14.4. The SMILES string of the molecule is C=S(=O)(NOC1CCCCC1)c1ccc(OC)cc1. The molecule has 4 nitrogen and oxygen atoms in total. The number of benzene rings is 1. The van der Waals surface area contributed by atoms with Crippen LogP contribution < -0.4 is 9.62 Å². The molecule has 0 amide bonds. The Morgan fingerprint density at radius 1 is 1.21 bits per heavy atom. The lowest BCUT2D eigenvalue weighted by molar-refractivity contribution is -0.00180. The third-order valence-electron chi connectivity index (χ3n) is 3.34. The monoisotopic (exact) mass is 283 g/mol. The summed E-state index contributed by atoms with van der Waals surface area (Å²) in [5, 5.41) is 0. The first-order valence-electron chi connectivity index (χ1n) is 6.55. The van der Waals surface area contributed by atoms with Gasteiger partial charge in [0.1, 0.15) is 5.75 Å². The topological polar surface area (TPSA) is 47.6 Å². The normalized spacial score (nSPS) is 19.8. The summed E-state index contributed by atoms with van der Waals surface area (Å²) in [6.45, 7) is 0. The average molecular weight is 283 g/mol. The van der Waals surface area contributed by atoms with Gasteiger partial charge >= 0.3 is 0 Å². The van der Waals surface area contributed by atoms with Crippen LogP contribution in [0.1, 0.15) is 32.1 Å². The first-order chi connectivity index (χ1) is 9.12. The fraction of sp³-hybridized carbons (Fsp3) is 0.500. The van der Waals surface area contributed by atoms with Crippen molar-refractivity contribution in [3.63, 3.8) is 0 Å². The van der Waals surface area contributed by atoms with Crippen molar-refractivity contribution < 1.29 is 13.8 Å². The number of methoxy groups -OCH3 is 1. The van der Waals surface area contributed by atoms with Crippen molar-refractivity contribution in [1.29, 1.82) is 0 Å². The van der Waals surface area contributed by atoms with Gasteiger partial charge in [-0.3, -0.25) is 4.84 Å². The zero-order valence-corrected chi connectivity index (χ0v) is 12.1. The van der Waals surface area contributed by atoms with E-state index in [9.17, 15) is 4.21 Å². The Labute approximate surface area is 115 Å². The van der Waals surface area contributed by atoms with E-state index in [1.165, 1.54) is 19.3 Å². The van der Waals surface area contributed by atoms with Gasteiger partial charge < -0.3 is 4.74 Å². The van der Waals surface area contributed by atoms with E-state index in [1.807, 2.05) is 0 Å². The van der Waals surface area contributed by atoms with E-state index in [1.54, 1.807) is 31.4 Å². The third kappa shape index (κ3) is 3.96. The molecule has 0 radical (unpaired) electrons. The van der Waals surface area contributed by atoms with E-state index in [0.29, 0.717) is 4.90 Å². The number of hydrogen-bond donors (Lipinski definition) is 1. The molecule has 0 bridgehead atoms. The van der Waals surface area contributed by atoms with Crippen LogP contribution >= 0.6 is 0 Å². The van der Waals surface area contributed by atoms with Crippen LogP contribution in [0.4, 0.5) is 0 Å². The molecular weight excluding hydrogens is 262 g/mol. The van der Waals surface area contributed by atoms with Gasteiger partial charge in [0.05, 0.1) is 22.9 Å². The minimum atomic E-state index is -2.61. The van der Waals surface area contributed by atoms with Crippen LogP contribution in [-0.4, -0.2) is 23.3 Å². The maximum Gasteiger partial charge on any atom is 0.118 e. The summed E-state index contributed by atoms with van der Waals surface area (Å²) < 4.78 is 17.5. The Bertz CT molecular complexity index is 490. The van der Waals surface area contributed by atoms with E-state index >= 15 is 0 Å². The number of rotatable bonds is 5. The summed E-state index contributed by atoms with van der Waals surface area (Å²) in [4.78, 5) is 8.81.